The molecule has 2 heteroatoms. The van der Waals surface area contributed by atoms with Crippen molar-refractivity contribution in [2.24, 2.45) is 11.8 Å². The van der Waals surface area contributed by atoms with Crippen molar-refractivity contribution in [1.82, 2.24) is 5.32 Å². The molecule has 0 spiro atoms. The Bertz CT molecular complexity index is 200. The summed E-state index contributed by atoms with van der Waals surface area (Å²) in [7, 11) is 0. The van der Waals surface area contributed by atoms with Gasteiger partial charge in [0.1, 0.15) is 0 Å². The second-order valence-electron chi connectivity index (χ2n) is 3.37. The number of amides is 1. The van der Waals surface area contributed by atoms with E-state index in [1.807, 2.05) is 6.92 Å². The molecule has 0 aromatic heterocycles. The second-order valence-corrected chi connectivity index (χ2v) is 3.37. The molecule has 0 bridgehead atoms. The highest BCUT2D eigenvalue weighted by atomic mass is 16.1. The molecule has 0 saturated heterocycles. The average Bonchev–Trinajstić information content (AvgIpc) is 2.86. The molecule has 1 rings (SSSR count). The van der Waals surface area contributed by atoms with Crippen LogP contribution in [0.1, 0.15) is 26.2 Å². The van der Waals surface area contributed by atoms with E-state index in [0.29, 0.717) is 18.9 Å². The van der Waals surface area contributed by atoms with Crippen molar-refractivity contribution in [2.75, 3.05) is 6.54 Å². The molecule has 0 radical (unpaired) electrons. The van der Waals surface area contributed by atoms with Gasteiger partial charge in [-0.05, 0) is 18.8 Å². The predicted octanol–water partition coefficient (Wildman–Crippen LogP) is 1.17. The third-order valence-corrected chi connectivity index (χ3v) is 2.31. The fourth-order valence-electron chi connectivity index (χ4n) is 1.23. The molecule has 1 unspecified atom stereocenters. The van der Waals surface area contributed by atoms with Gasteiger partial charge in [-0.2, -0.15) is 0 Å². The van der Waals surface area contributed by atoms with E-state index in [-0.39, 0.29) is 11.8 Å². The minimum atomic E-state index is 0.160. The second kappa shape index (κ2) is 4.15. The highest BCUT2D eigenvalue weighted by molar-refractivity contribution is 5.78. The number of rotatable bonds is 4. The van der Waals surface area contributed by atoms with E-state index < -0.39 is 0 Å². The molecular weight excluding hydrogens is 150 g/mol. The fourth-order valence-corrected chi connectivity index (χ4v) is 1.23. The smallest absolute Gasteiger partial charge is 0.223 e. The van der Waals surface area contributed by atoms with Crippen LogP contribution in [0.2, 0.25) is 0 Å². The summed E-state index contributed by atoms with van der Waals surface area (Å²) in [6, 6.07) is 0. The first-order valence-electron chi connectivity index (χ1n) is 4.47. The van der Waals surface area contributed by atoms with Crippen LogP contribution in [0.25, 0.3) is 0 Å². The lowest BCUT2D eigenvalue weighted by Gasteiger charge is -2.09. The maximum Gasteiger partial charge on any atom is 0.223 e. The summed E-state index contributed by atoms with van der Waals surface area (Å²) in [4.78, 5) is 11.3. The molecule has 1 aliphatic carbocycles. The quantitative estimate of drug-likeness (QED) is 0.491. The van der Waals surface area contributed by atoms with E-state index in [2.05, 4.69) is 11.2 Å². The number of nitrogens with one attached hydrogen (secondary N) is 1. The van der Waals surface area contributed by atoms with Gasteiger partial charge in [0.05, 0.1) is 0 Å². The number of carbonyl (C=O) groups excluding carboxylic acids is 1. The monoisotopic (exact) mass is 165 g/mol. The Kier molecular flexibility index (Phi) is 3.16. The van der Waals surface area contributed by atoms with Crippen LogP contribution >= 0.6 is 0 Å². The minimum Gasteiger partial charge on any atom is -0.355 e. The number of carbonyl (C=O) groups is 1. The summed E-state index contributed by atoms with van der Waals surface area (Å²) < 4.78 is 0. The topological polar surface area (TPSA) is 29.1 Å². The van der Waals surface area contributed by atoms with Gasteiger partial charge in [0.15, 0.2) is 0 Å². The normalized spacial score (nSPS) is 18.0. The summed E-state index contributed by atoms with van der Waals surface area (Å²) in [5.41, 5.74) is 0. The van der Waals surface area contributed by atoms with Crippen molar-refractivity contribution in [2.45, 2.75) is 26.2 Å². The molecule has 1 atom stereocenters. The molecule has 12 heavy (non-hydrogen) atoms. The highest BCUT2D eigenvalue weighted by Crippen LogP contribution is 2.36. The van der Waals surface area contributed by atoms with Crippen LogP contribution in [0.4, 0.5) is 0 Å². The number of hydrogen-bond donors (Lipinski definition) is 1. The van der Waals surface area contributed by atoms with Crippen LogP contribution in [-0.2, 0) is 4.79 Å². The summed E-state index contributed by atoms with van der Waals surface area (Å²) >= 11 is 0. The Morgan fingerprint density at radius 1 is 1.75 bits per heavy atom. The van der Waals surface area contributed by atoms with Crippen LogP contribution in [-0.4, -0.2) is 12.5 Å². The average molecular weight is 165 g/mol. The van der Waals surface area contributed by atoms with Crippen molar-refractivity contribution >= 4 is 5.91 Å². The van der Waals surface area contributed by atoms with Gasteiger partial charge in [0, 0.05) is 18.9 Å². The largest absolute Gasteiger partial charge is 0.355 e. The first kappa shape index (κ1) is 9.12. The third kappa shape index (κ3) is 2.58. The summed E-state index contributed by atoms with van der Waals surface area (Å²) in [5, 5.41) is 2.82. The Hall–Kier alpha value is -0.970. The molecule has 0 aliphatic heterocycles. The zero-order chi connectivity index (χ0) is 8.97. The SMILES string of the molecule is C#CCCNC(=O)C(C)C1CC1. The van der Waals surface area contributed by atoms with Crippen LogP contribution < -0.4 is 5.32 Å². The Morgan fingerprint density at radius 2 is 2.42 bits per heavy atom. The van der Waals surface area contributed by atoms with Gasteiger partial charge in [-0.25, -0.2) is 0 Å². The third-order valence-electron chi connectivity index (χ3n) is 2.31. The molecule has 2 nitrogen and oxygen atoms in total. The van der Waals surface area contributed by atoms with E-state index in [9.17, 15) is 4.79 Å². The van der Waals surface area contributed by atoms with Crippen molar-refractivity contribution in [3.05, 3.63) is 0 Å². The minimum absolute atomic E-state index is 0.160. The first-order valence-corrected chi connectivity index (χ1v) is 4.47. The molecule has 1 amide bonds. The van der Waals surface area contributed by atoms with Gasteiger partial charge in [-0.3, -0.25) is 4.79 Å². The lowest BCUT2D eigenvalue weighted by Crippen LogP contribution is -2.30. The lowest BCUT2D eigenvalue weighted by molar-refractivity contribution is -0.125. The molecule has 0 heterocycles. The maximum absolute atomic E-state index is 11.3. The molecule has 66 valence electrons. The number of terminal acetylenes is 1. The first-order chi connectivity index (χ1) is 5.75. The zero-order valence-corrected chi connectivity index (χ0v) is 7.47. The van der Waals surface area contributed by atoms with E-state index in [4.69, 9.17) is 6.42 Å². The standard InChI is InChI=1S/C10H15NO/c1-3-4-7-11-10(12)8(2)9-5-6-9/h1,8-9H,4-7H2,2H3,(H,11,12). The van der Waals surface area contributed by atoms with Gasteiger partial charge in [-0.15, -0.1) is 12.3 Å². The Morgan fingerprint density at radius 3 is 2.92 bits per heavy atom. The summed E-state index contributed by atoms with van der Waals surface area (Å²) in [5.74, 6) is 3.47. The van der Waals surface area contributed by atoms with E-state index in [0.717, 1.165) is 0 Å². The van der Waals surface area contributed by atoms with E-state index >= 15 is 0 Å². The van der Waals surface area contributed by atoms with Crippen LogP contribution in [0.5, 0.6) is 0 Å². The Labute approximate surface area is 73.7 Å². The van der Waals surface area contributed by atoms with Gasteiger partial charge >= 0.3 is 0 Å². The van der Waals surface area contributed by atoms with Crippen LogP contribution in [0.3, 0.4) is 0 Å². The van der Waals surface area contributed by atoms with Gasteiger partial charge < -0.3 is 5.32 Å². The van der Waals surface area contributed by atoms with Gasteiger partial charge in [0.25, 0.3) is 0 Å². The predicted molar refractivity (Wildman–Crippen MR) is 48.3 cm³/mol. The summed E-state index contributed by atoms with van der Waals surface area (Å²) in [6.45, 7) is 2.61. The molecule has 0 aromatic rings. The van der Waals surface area contributed by atoms with Crippen LogP contribution in [0.15, 0.2) is 0 Å². The van der Waals surface area contributed by atoms with Crippen LogP contribution in [0, 0.1) is 24.2 Å². The maximum atomic E-state index is 11.3. The molecule has 1 aliphatic rings. The molecule has 1 saturated carbocycles. The highest BCUT2D eigenvalue weighted by Gasteiger charge is 2.32. The van der Waals surface area contributed by atoms with Gasteiger partial charge in [-0.1, -0.05) is 6.92 Å². The Balaban J connectivity index is 2.14. The van der Waals surface area contributed by atoms with Gasteiger partial charge in [0.2, 0.25) is 5.91 Å². The van der Waals surface area contributed by atoms with Crippen molar-refractivity contribution in [3.8, 4) is 12.3 Å². The summed E-state index contributed by atoms with van der Waals surface area (Å²) in [6.07, 6.45) is 8.11. The molecule has 1 N–H and O–H groups in total. The zero-order valence-electron chi connectivity index (χ0n) is 7.47. The fraction of sp³-hybridized carbons (Fsp3) is 0.700. The van der Waals surface area contributed by atoms with Crippen molar-refractivity contribution in [1.29, 1.82) is 0 Å². The van der Waals surface area contributed by atoms with E-state index in [1.165, 1.54) is 12.8 Å². The lowest BCUT2D eigenvalue weighted by atomic mass is 10.1. The molecular formula is C10H15NO. The van der Waals surface area contributed by atoms with Crippen molar-refractivity contribution < 1.29 is 4.79 Å². The van der Waals surface area contributed by atoms with Crippen molar-refractivity contribution in [3.63, 3.8) is 0 Å². The number of hydrogen-bond acceptors (Lipinski definition) is 1. The van der Waals surface area contributed by atoms with E-state index in [1.54, 1.807) is 0 Å². The molecule has 0 aromatic carbocycles. The molecule has 1 fully saturated rings.